The third-order valence-electron chi connectivity index (χ3n) is 2.44. The van der Waals surface area contributed by atoms with Crippen LogP contribution in [0.1, 0.15) is 10.5 Å². The highest BCUT2D eigenvalue weighted by molar-refractivity contribution is 9.10. The molecule has 0 saturated heterocycles. The van der Waals surface area contributed by atoms with Gasteiger partial charge in [0, 0.05) is 12.1 Å². The van der Waals surface area contributed by atoms with E-state index in [0.29, 0.717) is 0 Å². The van der Waals surface area contributed by atoms with Gasteiger partial charge in [0.2, 0.25) is 5.69 Å². The molecule has 0 saturated carbocycles. The van der Waals surface area contributed by atoms with Crippen molar-refractivity contribution in [1.82, 2.24) is 9.78 Å². The van der Waals surface area contributed by atoms with E-state index in [2.05, 4.69) is 25.8 Å². The number of benzene rings is 1. The second kappa shape index (κ2) is 5.41. The van der Waals surface area contributed by atoms with Crippen molar-refractivity contribution in [3.63, 3.8) is 0 Å². The van der Waals surface area contributed by atoms with Gasteiger partial charge in [-0.2, -0.15) is 9.78 Å². The molecule has 2 aromatic rings. The Morgan fingerprint density at radius 1 is 1.45 bits per heavy atom. The first-order valence-corrected chi connectivity index (χ1v) is 6.10. The Kier molecular flexibility index (Phi) is 3.84. The number of nitrogens with zero attached hydrogens (tertiary/aromatic N) is 2. The summed E-state index contributed by atoms with van der Waals surface area (Å²) in [5, 5.41) is 13.2. The molecule has 0 aliphatic rings. The predicted molar refractivity (Wildman–Crippen MR) is 70.5 cm³/mol. The largest absolute Gasteiger partial charge is 0.505 e. The van der Waals surface area contributed by atoms with Crippen LogP contribution in [0.3, 0.4) is 0 Å². The minimum absolute atomic E-state index is 0.112. The van der Waals surface area contributed by atoms with Crippen molar-refractivity contribution in [1.29, 1.82) is 0 Å². The number of carbonyl (C=O) groups is 1. The zero-order chi connectivity index (χ0) is 14.9. The van der Waals surface area contributed by atoms with Crippen LogP contribution in [0, 0.1) is 5.82 Å². The van der Waals surface area contributed by atoms with Crippen LogP contribution < -0.4 is 5.56 Å². The quantitative estimate of drug-likeness (QED) is 0.839. The van der Waals surface area contributed by atoms with Gasteiger partial charge in [-0.05, 0) is 28.1 Å². The van der Waals surface area contributed by atoms with Gasteiger partial charge in [0.1, 0.15) is 5.82 Å². The van der Waals surface area contributed by atoms with E-state index in [0.717, 1.165) is 23.9 Å². The molecule has 0 aliphatic heterocycles. The van der Waals surface area contributed by atoms with E-state index in [4.69, 9.17) is 0 Å². The molecule has 0 unspecified atom stereocenters. The molecule has 0 fully saturated rings. The first kappa shape index (κ1) is 14.2. The number of ether oxygens (including phenoxy) is 1. The molecular weight excluding hydrogens is 335 g/mol. The molecule has 8 heteroatoms. The number of aromatic hydroxyl groups is 1. The predicted octanol–water partition coefficient (Wildman–Crippen LogP) is 1.63. The van der Waals surface area contributed by atoms with Crippen LogP contribution >= 0.6 is 15.9 Å². The lowest BCUT2D eigenvalue weighted by Crippen LogP contribution is -2.23. The maximum Gasteiger partial charge on any atom is 0.362 e. The minimum atomic E-state index is -0.908. The molecule has 0 amide bonds. The van der Waals surface area contributed by atoms with Gasteiger partial charge in [0.25, 0.3) is 5.56 Å². The van der Waals surface area contributed by atoms with Gasteiger partial charge >= 0.3 is 5.97 Å². The zero-order valence-electron chi connectivity index (χ0n) is 10.1. The van der Waals surface area contributed by atoms with E-state index < -0.39 is 28.8 Å². The Bertz CT molecular complexity index is 745. The van der Waals surface area contributed by atoms with Crippen LogP contribution in [0.15, 0.2) is 33.5 Å². The number of halogens is 2. The van der Waals surface area contributed by atoms with Gasteiger partial charge in [0.15, 0.2) is 5.75 Å². The Balaban J connectivity index is 2.64. The molecule has 0 atom stereocenters. The van der Waals surface area contributed by atoms with Gasteiger partial charge in [-0.15, -0.1) is 0 Å². The lowest BCUT2D eigenvalue weighted by Gasteiger charge is -2.08. The number of carbonyl (C=O) groups excluding carboxylic acids is 1. The molecule has 1 aromatic heterocycles. The van der Waals surface area contributed by atoms with Crippen molar-refractivity contribution in [2.45, 2.75) is 0 Å². The van der Waals surface area contributed by atoms with Gasteiger partial charge < -0.3 is 9.84 Å². The van der Waals surface area contributed by atoms with Crippen LogP contribution in [-0.2, 0) is 4.74 Å². The van der Waals surface area contributed by atoms with Gasteiger partial charge in [-0.3, -0.25) is 4.79 Å². The van der Waals surface area contributed by atoms with Crippen molar-refractivity contribution in [2.24, 2.45) is 0 Å². The van der Waals surface area contributed by atoms with Gasteiger partial charge in [-0.25, -0.2) is 9.18 Å². The lowest BCUT2D eigenvalue weighted by molar-refractivity contribution is 0.0588. The molecule has 2 rings (SSSR count). The van der Waals surface area contributed by atoms with E-state index in [1.54, 1.807) is 0 Å². The number of aromatic nitrogens is 2. The highest BCUT2D eigenvalue weighted by atomic mass is 79.9. The summed E-state index contributed by atoms with van der Waals surface area (Å²) in [6, 6.07) is 4.69. The first-order valence-electron chi connectivity index (χ1n) is 5.31. The van der Waals surface area contributed by atoms with Crippen LogP contribution in [0.25, 0.3) is 5.69 Å². The summed E-state index contributed by atoms with van der Waals surface area (Å²) in [4.78, 5) is 23.2. The lowest BCUT2D eigenvalue weighted by atomic mass is 10.3. The highest BCUT2D eigenvalue weighted by Gasteiger charge is 2.17. The average molecular weight is 343 g/mol. The SMILES string of the molecule is COC(=O)c1nn(-c2ccc(Br)c(F)c2)c(=O)cc1O. The normalized spacial score (nSPS) is 10.3. The van der Waals surface area contributed by atoms with Crippen molar-refractivity contribution >= 4 is 21.9 Å². The van der Waals surface area contributed by atoms with Crippen molar-refractivity contribution in [2.75, 3.05) is 7.11 Å². The summed E-state index contributed by atoms with van der Waals surface area (Å²) in [6.07, 6.45) is 0. The summed E-state index contributed by atoms with van der Waals surface area (Å²) in [5.74, 6) is -2.10. The molecule has 0 aliphatic carbocycles. The standard InChI is InChI=1S/C12H8BrFN2O4/c1-20-12(19)11-9(17)5-10(18)16(15-11)6-2-3-7(13)8(14)4-6/h2-5,17H,1H3. The minimum Gasteiger partial charge on any atom is -0.505 e. The summed E-state index contributed by atoms with van der Waals surface area (Å²) in [5.41, 5.74) is -1.03. The van der Waals surface area contributed by atoms with E-state index >= 15 is 0 Å². The van der Waals surface area contributed by atoms with Crippen LogP contribution in [-0.4, -0.2) is 28.0 Å². The highest BCUT2D eigenvalue weighted by Crippen LogP contribution is 2.19. The van der Waals surface area contributed by atoms with Crippen molar-refractivity contribution in [3.8, 4) is 11.4 Å². The maximum absolute atomic E-state index is 13.5. The molecule has 1 aromatic carbocycles. The number of hydrogen-bond acceptors (Lipinski definition) is 5. The molecule has 0 bridgehead atoms. The van der Waals surface area contributed by atoms with E-state index in [1.165, 1.54) is 12.1 Å². The van der Waals surface area contributed by atoms with Crippen LogP contribution in [0.4, 0.5) is 4.39 Å². The van der Waals surface area contributed by atoms with Crippen molar-refractivity contribution < 1.29 is 19.0 Å². The molecule has 0 spiro atoms. The van der Waals surface area contributed by atoms with Gasteiger partial charge in [-0.1, -0.05) is 0 Å². The molecule has 1 heterocycles. The number of methoxy groups -OCH3 is 1. The fourth-order valence-corrected chi connectivity index (χ4v) is 1.74. The van der Waals surface area contributed by atoms with E-state index in [1.807, 2.05) is 0 Å². The molecule has 6 nitrogen and oxygen atoms in total. The summed E-state index contributed by atoms with van der Waals surface area (Å²) in [7, 11) is 1.11. The number of rotatable bonds is 2. The molecular formula is C12H8BrFN2O4. The molecule has 20 heavy (non-hydrogen) atoms. The monoisotopic (exact) mass is 342 g/mol. The smallest absolute Gasteiger partial charge is 0.362 e. The van der Waals surface area contributed by atoms with Crippen molar-refractivity contribution in [3.05, 3.63) is 50.6 Å². The Morgan fingerprint density at radius 3 is 2.75 bits per heavy atom. The Morgan fingerprint density at radius 2 is 2.15 bits per heavy atom. The molecule has 104 valence electrons. The first-order chi connectivity index (χ1) is 9.43. The zero-order valence-corrected chi connectivity index (χ0v) is 11.7. The Hall–Kier alpha value is -2.22. The van der Waals surface area contributed by atoms with E-state index in [-0.39, 0.29) is 10.2 Å². The van der Waals surface area contributed by atoms with E-state index in [9.17, 15) is 19.1 Å². The molecule has 0 radical (unpaired) electrons. The number of esters is 1. The second-order valence-corrected chi connectivity index (χ2v) is 4.57. The fraction of sp³-hybridized carbons (Fsp3) is 0.0833. The third kappa shape index (κ3) is 2.55. The van der Waals surface area contributed by atoms with Gasteiger partial charge in [0.05, 0.1) is 17.3 Å². The molecule has 1 N–H and O–H groups in total. The average Bonchev–Trinajstić information content (AvgIpc) is 2.41. The summed E-state index contributed by atoms with van der Waals surface area (Å²) >= 11 is 2.98. The summed E-state index contributed by atoms with van der Waals surface area (Å²) in [6.45, 7) is 0. The third-order valence-corrected chi connectivity index (χ3v) is 3.08. The summed E-state index contributed by atoms with van der Waals surface area (Å²) < 4.78 is 18.9. The fourth-order valence-electron chi connectivity index (χ4n) is 1.49. The maximum atomic E-state index is 13.5. The second-order valence-electron chi connectivity index (χ2n) is 3.72. The van der Waals surface area contributed by atoms with Crippen LogP contribution in [0.2, 0.25) is 0 Å². The topological polar surface area (TPSA) is 81.4 Å². The number of hydrogen-bond donors (Lipinski definition) is 1. The van der Waals surface area contributed by atoms with Crippen LogP contribution in [0.5, 0.6) is 5.75 Å². The Labute approximate surface area is 120 Å².